The fourth-order valence-electron chi connectivity index (χ4n) is 3.04. The summed E-state index contributed by atoms with van der Waals surface area (Å²) in [6.07, 6.45) is 5.01. The minimum Gasteiger partial charge on any atom is -0.332 e. The predicted molar refractivity (Wildman–Crippen MR) is 87.3 cm³/mol. The molecule has 1 aliphatic rings. The van der Waals surface area contributed by atoms with Crippen LogP contribution in [-0.4, -0.2) is 37.5 Å². The Morgan fingerprint density at radius 3 is 3.04 bits per heavy atom. The molecule has 0 aliphatic carbocycles. The van der Waals surface area contributed by atoms with Gasteiger partial charge in [-0.15, -0.1) is 11.3 Å². The number of aryl methyl sites for hydroxylation is 2. The van der Waals surface area contributed by atoms with Gasteiger partial charge in [0.25, 0.3) is 0 Å². The molecule has 0 saturated carbocycles. The zero-order valence-electron chi connectivity index (χ0n) is 13.2. The minimum absolute atomic E-state index is 0.114. The quantitative estimate of drug-likeness (QED) is 0.873. The summed E-state index contributed by atoms with van der Waals surface area (Å²) in [5, 5.41) is 9.51. The number of rotatable bonds is 5. The topological polar surface area (TPSA) is 94.7 Å². The van der Waals surface area contributed by atoms with Crippen molar-refractivity contribution in [2.75, 3.05) is 6.54 Å². The molecule has 1 saturated heterocycles. The number of H-pyrrole nitrogens is 2. The van der Waals surface area contributed by atoms with Crippen molar-refractivity contribution in [3.05, 3.63) is 32.4 Å². The van der Waals surface area contributed by atoms with Gasteiger partial charge in [0.15, 0.2) is 5.82 Å². The lowest BCUT2D eigenvalue weighted by atomic mass is 10.0. The molecule has 124 valence electrons. The number of thiazole rings is 1. The second-order valence-electron chi connectivity index (χ2n) is 5.87. The van der Waals surface area contributed by atoms with Gasteiger partial charge in [-0.25, -0.2) is 14.9 Å². The summed E-state index contributed by atoms with van der Waals surface area (Å²) in [5.41, 5.74) is 0.740. The van der Waals surface area contributed by atoms with E-state index in [2.05, 4.69) is 25.5 Å². The van der Waals surface area contributed by atoms with E-state index in [4.69, 9.17) is 0 Å². The Kier molecular flexibility index (Phi) is 4.90. The van der Waals surface area contributed by atoms with Gasteiger partial charge in [0.05, 0.1) is 16.7 Å². The zero-order valence-corrected chi connectivity index (χ0v) is 14.0. The Hall–Kier alpha value is -1.96. The number of aromatic nitrogens is 4. The molecule has 0 bridgehead atoms. The number of hydrogen-bond acceptors (Lipinski definition) is 5. The highest BCUT2D eigenvalue weighted by Crippen LogP contribution is 2.29. The number of piperidine rings is 1. The Morgan fingerprint density at radius 1 is 1.48 bits per heavy atom. The largest absolute Gasteiger partial charge is 0.340 e. The first-order chi connectivity index (χ1) is 11.1. The van der Waals surface area contributed by atoms with Gasteiger partial charge in [0.2, 0.25) is 5.91 Å². The smallest absolute Gasteiger partial charge is 0.332 e. The van der Waals surface area contributed by atoms with Gasteiger partial charge in [-0.05, 0) is 39.0 Å². The van der Waals surface area contributed by atoms with Crippen LogP contribution >= 0.6 is 11.3 Å². The molecule has 1 amide bonds. The molecule has 8 heteroatoms. The number of nitrogens with one attached hydrogen (secondary N) is 2. The average Bonchev–Trinajstić information content (AvgIpc) is 3.16. The normalized spacial score (nSPS) is 18.3. The van der Waals surface area contributed by atoms with E-state index in [1.807, 2.05) is 11.8 Å². The van der Waals surface area contributed by atoms with Crippen molar-refractivity contribution < 1.29 is 4.79 Å². The highest BCUT2D eigenvalue weighted by atomic mass is 32.1. The SMILES string of the molecule is Cc1nc(CCCC(=O)N2CCCCC2c2n[nH]c(=O)[nH]2)cs1. The fraction of sp³-hybridized carbons (Fsp3) is 0.600. The van der Waals surface area contributed by atoms with Crippen LogP contribution in [0.4, 0.5) is 0 Å². The summed E-state index contributed by atoms with van der Waals surface area (Å²) in [4.78, 5) is 32.8. The van der Waals surface area contributed by atoms with Gasteiger partial charge in [0.1, 0.15) is 0 Å². The second kappa shape index (κ2) is 7.08. The molecule has 1 unspecified atom stereocenters. The summed E-state index contributed by atoms with van der Waals surface area (Å²) < 4.78 is 0. The lowest BCUT2D eigenvalue weighted by molar-refractivity contribution is -0.135. The Labute approximate surface area is 138 Å². The van der Waals surface area contributed by atoms with Crippen molar-refractivity contribution in [1.29, 1.82) is 0 Å². The summed E-state index contributed by atoms with van der Waals surface area (Å²) in [6.45, 7) is 2.72. The van der Waals surface area contributed by atoms with Gasteiger partial charge >= 0.3 is 5.69 Å². The number of carbonyl (C=O) groups excluding carboxylic acids is 1. The van der Waals surface area contributed by atoms with Crippen LogP contribution in [0.3, 0.4) is 0 Å². The Morgan fingerprint density at radius 2 is 2.35 bits per heavy atom. The molecule has 23 heavy (non-hydrogen) atoms. The van der Waals surface area contributed by atoms with Gasteiger partial charge in [-0.2, -0.15) is 5.10 Å². The number of nitrogens with zero attached hydrogens (tertiary/aromatic N) is 3. The molecular formula is C15H21N5O2S. The van der Waals surface area contributed by atoms with E-state index in [0.717, 1.165) is 49.4 Å². The molecule has 0 radical (unpaired) electrons. The standard InChI is InChI=1S/C15H21N5O2S/c1-10-16-11(9-23-10)5-4-7-13(21)20-8-3-2-6-12(20)14-17-15(22)19-18-14/h9,12H,2-8H2,1H3,(H2,17,18,19,22). The van der Waals surface area contributed by atoms with Crippen LogP contribution in [0.2, 0.25) is 0 Å². The van der Waals surface area contributed by atoms with E-state index in [1.165, 1.54) is 0 Å². The number of carbonyl (C=O) groups is 1. The van der Waals surface area contributed by atoms with E-state index in [-0.39, 0.29) is 17.6 Å². The van der Waals surface area contributed by atoms with Gasteiger partial charge in [-0.3, -0.25) is 9.78 Å². The second-order valence-corrected chi connectivity index (χ2v) is 6.94. The predicted octanol–water partition coefficient (Wildman–Crippen LogP) is 1.94. The third-order valence-corrected chi connectivity index (χ3v) is 4.97. The number of amides is 1. The van der Waals surface area contributed by atoms with E-state index in [0.29, 0.717) is 12.2 Å². The third kappa shape index (κ3) is 3.87. The number of likely N-dealkylation sites (tertiary alicyclic amines) is 1. The summed E-state index contributed by atoms with van der Waals surface area (Å²) in [6, 6.07) is -0.114. The monoisotopic (exact) mass is 335 g/mol. The molecule has 2 N–H and O–H groups in total. The first-order valence-electron chi connectivity index (χ1n) is 7.98. The highest BCUT2D eigenvalue weighted by molar-refractivity contribution is 7.09. The first-order valence-corrected chi connectivity index (χ1v) is 8.86. The molecule has 1 fully saturated rings. The van der Waals surface area contributed by atoms with Crippen LogP contribution in [-0.2, 0) is 11.2 Å². The van der Waals surface area contributed by atoms with Crippen LogP contribution in [0.1, 0.15) is 54.7 Å². The maximum absolute atomic E-state index is 12.6. The lowest BCUT2D eigenvalue weighted by Gasteiger charge is -2.34. The zero-order chi connectivity index (χ0) is 16.2. The summed E-state index contributed by atoms with van der Waals surface area (Å²) in [7, 11) is 0. The lowest BCUT2D eigenvalue weighted by Crippen LogP contribution is -2.39. The Bertz CT molecular complexity index is 719. The summed E-state index contributed by atoms with van der Waals surface area (Å²) in [5.74, 6) is 0.698. The molecular weight excluding hydrogens is 314 g/mol. The molecule has 3 rings (SSSR count). The van der Waals surface area contributed by atoms with Crippen molar-refractivity contribution in [2.24, 2.45) is 0 Å². The number of hydrogen-bond donors (Lipinski definition) is 2. The molecule has 2 aromatic rings. The molecule has 2 aromatic heterocycles. The van der Waals surface area contributed by atoms with Crippen LogP contribution in [0.15, 0.2) is 10.2 Å². The van der Waals surface area contributed by atoms with Crippen LogP contribution < -0.4 is 5.69 Å². The molecule has 0 spiro atoms. The fourth-order valence-corrected chi connectivity index (χ4v) is 3.69. The maximum atomic E-state index is 12.6. The van der Waals surface area contributed by atoms with Crippen LogP contribution in [0.5, 0.6) is 0 Å². The van der Waals surface area contributed by atoms with Crippen molar-refractivity contribution in [1.82, 2.24) is 25.1 Å². The number of aromatic amines is 2. The van der Waals surface area contributed by atoms with E-state index in [1.54, 1.807) is 11.3 Å². The van der Waals surface area contributed by atoms with E-state index < -0.39 is 0 Å². The molecule has 7 nitrogen and oxygen atoms in total. The first kappa shape index (κ1) is 15.9. The third-order valence-electron chi connectivity index (χ3n) is 4.15. The average molecular weight is 335 g/mol. The molecule has 3 heterocycles. The summed E-state index contributed by atoms with van der Waals surface area (Å²) >= 11 is 1.64. The van der Waals surface area contributed by atoms with Crippen LogP contribution in [0, 0.1) is 6.92 Å². The van der Waals surface area contributed by atoms with Crippen LogP contribution in [0.25, 0.3) is 0 Å². The van der Waals surface area contributed by atoms with Crippen molar-refractivity contribution in [3.8, 4) is 0 Å². The van der Waals surface area contributed by atoms with E-state index >= 15 is 0 Å². The van der Waals surface area contributed by atoms with Crippen molar-refractivity contribution in [3.63, 3.8) is 0 Å². The van der Waals surface area contributed by atoms with Gasteiger partial charge in [0, 0.05) is 18.3 Å². The van der Waals surface area contributed by atoms with Gasteiger partial charge < -0.3 is 4.90 Å². The van der Waals surface area contributed by atoms with Crippen molar-refractivity contribution in [2.45, 2.75) is 51.5 Å². The minimum atomic E-state index is -0.322. The molecule has 0 aromatic carbocycles. The Balaban J connectivity index is 1.58. The van der Waals surface area contributed by atoms with Gasteiger partial charge in [-0.1, -0.05) is 0 Å². The molecule has 1 aliphatic heterocycles. The maximum Gasteiger partial charge on any atom is 0.340 e. The highest BCUT2D eigenvalue weighted by Gasteiger charge is 2.29. The van der Waals surface area contributed by atoms with E-state index in [9.17, 15) is 9.59 Å². The molecule has 1 atom stereocenters. The van der Waals surface area contributed by atoms with Crippen molar-refractivity contribution >= 4 is 17.2 Å².